The van der Waals surface area contributed by atoms with Gasteiger partial charge in [-0.15, -0.1) is 11.3 Å². The van der Waals surface area contributed by atoms with E-state index in [0.29, 0.717) is 16.4 Å². The molecule has 3 saturated heterocycles. The summed E-state index contributed by atoms with van der Waals surface area (Å²) in [6.45, 7) is 3.27. The van der Waals surface area contributed by atoms with Crippen LogP contribution < -0.4 is 11.1 Å². The summed E-state index contributed by atoms with van der Waals surface area (Å²) in [7, 11) is 0. The fourth-order valence-electron chi connectivity index (χ4n) is 3.89. The van der Waals surface area contributed by atoms with Gasteiger partial charge in [0.1, 0.15) is 0 Å². The van der Waals surface area contributed by atoms with E-state index in [1.54, 1.807) is 12.1 Å². The van der Waals surface area contributed by atoms with Crippen LogP contribution in [-0.4, -0.2) is 42.4 Å². The first-order valence-electron chi connectivity index (χ1n) is 8.64. The Hall–Kier alpha value is -2.18. The van der Waals surface area contributed by atoms with Crippen molar-refractivity contribution in [1.29, 1.82) is 0 Å². The number of nitrogens with zero attached hydrogens (tertiary/aromatic N) is 1. The van der Waals surface area contributed by atoms with Crippen molar-refractivity contribution >= 4 is 23.2 Å². The molecule has 3 fully saturated rings. The lowest BCUT2D eigenvalue weighted by Crippen LogP contribution is -2.57. The van der Waals surface area contributed by atoms with Gasteiger partial charge in [0, 0.05) is 28.6 Å². The Kier molecular flexibility index (Phi) is 4.31. The van der Waals surface area contributed by atoms with Crippen molar-refractivity contribution in [1.82, 2.24) is 10.2 Å². The molecule has 1 atom stereocenters. The van der Waals surface area contributed by atoms with Gasteiger partial charge in [-0.3, -0.25) is 9.59 Å². The number of nitrogens with one attached hydrogen (secondary N) is 1. The number of hydrogen-bond acceptors (Lipinski definition) is 4. The molecule has 3 aliphatic heterocycles. The van der Waals surface area contributed by atoms with Crippen LogP contribution in [0.1, 0.15) is 32.9 Å². The molecule has 1 aromatic carbocycles. The fourth-order valence-corrected chi connectivity index (χ4v) is 4.83. The molecule has 2 aromatic rings. The lowest BCUT2D eigenvalue weighted by atomic mass is 9.84. The standard InChI is InChI=1S/C19H21N3O2S/c20-18(23)14-4-2-1-3-13(14)16-5-6-17(25-16)19(24)21-15-11-22-9-7-12(15)8-10-22/h1-6,12,15H,7-11H2,(H2,20,23)(H,21,24)/t15-/m0/s1. The van der Waals surface area contributed by atoms with Gasteiger partial charge in [0.05, 0.1) is 4.88 Å². The Labute approximate surface area is 150 Å². The predicted molar refractivity (Wildman–Crippen MR) is 98.7 cm³/mol. The molecule has 3 aliphatic rings. The maximum absolute atomic E-state index is 12.6. The van der Waals surface area contributed by atoms with Gasteiger partial charge in [-0.25, -0.2) is 0 Å². The first-order valence-corrected chi connectivity index (χ1v) is 9.46. The van der Waals surface area contributed by atoms with Crippen LogP contribution in [-0.2, 0) is 0 Å². The van der Waals surface area contributed by atoms with Crippen molar-refractivity contribution < 1.29 is 9.59 Å². The number of fused-ring (bicyclic) bond motifs is 3. The van der Waals surface area contributed by atoms with Crippen LogP contribution in [0.3, 0.4) is 0 Å². The molecule has 130 valence electrons. The molecule has 3 N–H and O–H groups in total. The molecule has 5 nitrogen and oxygen atoms in total. The summed E-state index contributed by atoms with van der Waals surface area (Å²) in [6.07, 6.45) is 2.35. The van der Waals surface area contributed by atoms with E-state index < -0.39 is 5.91 Å². The SMILES string of the molecule is NC(=O)c1ccccc1-c1ccc(C(=O)N[C@H]2CN3CCC2CC3)s1. The zero-order valence-corrected chi connectivity index (χ0v) is 14.7. The van der Waals surface area contributed by atoms with Crippen LogP contribution in [0.4, 0.5) is 0 Å². The summed E-state index contributed by atoms with van der Waals surface area (Å²) in [5, 5.41) is 3.21. The second-order valence-corrected chi connectivity index (χ2v) is 7.88. The minimum absolute atomic E-state index is 0.0217. The minimum atomic E-state index is -0.456. The van der Waals surface area contributed by atoms with Crippen LogP contribution in [0.25, 0.3) is 10.4 Å². The highest BCUT2D eigenvalue weighted by atomic mass is 32.1. The number of benzene rings is 1. The highest BCUT2D eigenvalue weighted by Gasteiger charge is 2.35. The van der Waals surface area contributed by atoms with Gasteiger partial charge < -0.3 is 16.0 Å². The molecule has 2 bridgehead atoms. The molecule has 2 amide bonds. The van der Waals surface area contributed by atoms with Gasteiger partial charge in [0.25, 0.3) is 5.91 Å². The number of amides is 2. The number of carbonyl (C=O) groups is 2. The maximum Gasteiger partial charge on any atom is 0.261 e. The summed E-state index contributed by atoms with van der Waals surface area (Å²) in [5.41, 5.74) is 6.72. The summed E-state index contributed by atoms with van der Waals surface area (Å²) < 4.78 is 0. The molecular formula is C19H21N3O2S. The molecule has 0 spiro atoms. The van der Waals surface area contributed by atoms with Crippen molar-refractivity contribution in [2.45, 2.75) is 18.9 Å². The zero-order valence-electron chi connectivity index (χ0n) is 13.9. The number of thiophene rings is 1. The average Bonchev–Trinajstić information content (AvgIpc) is 3.13. The third-order valence-electron chi connectivity index (χ3n) is 5.26. The molecule has 6 heteroatoms. The molecular weight excluding hydrogens is 334 g/mol. The molecule has 0 radical (unpaired) electrons. The summed E-state index contributed by atoms with van der Waals surface area (Å²) >= 11 is 1.40. The van der Waals surface area contributed by atoms with Crippen molar-refractivity contribution in [3.63, 3.8) is 0 Å². The van der Waals surface area contributed by atoms with Crippen molar-refractivity contribution in [3.05, 3.63) is 46.8 Å². The highest BCUT2D eigenvalue weighted by Crippen LogP contribution is 2.32. The Morgan fingerprint density at radius 3 is 2.56 bits per heavy atom. The maximum atomic E-state index is 12.6. The molecule has 25 heavy (non-hydrogen) atoms. The minimum Gasteiger partial charge on any atom is -0.366 e. The Balaban J connectivity index is 1.51. The van der Waals surface area contributed by atoms with Gasteiger partial charge in [-0.05, 0) is 50.0 Å². The zero-order chi connectivity index (χ0) is 17.4. The lowest BCUT2D eigenvalue weighted by molar-refractivity contribution is 0.0622. The second kappa shape index (κ2) is 6.61. The average molecular weight is 355 g/mol. The van der Waals surface area contributed by atoms with E-state index in [9.17, 15) is 9.59 Å². The number of piperidine rings is 3. The van der Waals surface area contributed by atoms with Crippen molar-refractivity contribution in [2.24, 2.45) is 11.7 Å². The van der Waals surface area contributed by atoms with E-state index in [2.05, 4.69) is 10.2 Å². The normalized spacial score (nSPS) is 24.9. The van der Waals surface area contributed by atoms with Gasteiger partial charge >= 0.3 is 0 Å². The van der Waals surface area contributed by atoms with E-state index in [1.165, 1.54) is 24.2 Å². The first-order chi connectivity index (χ1) is 12.1. The molecule has 4 heterocycles. The number of nitrogens with two attached hydrogens (primary N) is 1. The fraction of sp³-hybridized carbons (Fsp3) is 0.368. The summed E-state index contributed by atoms with van der Waals surface area (Å²) in [6, 6.07) is 11.2. The van der Waals surface area contributed by atoms with Gasteiger partial charge in [0.15, 0.2) is 0 Å². The van der Waals surface area contributed by atoms with Crippen LogP contribution >= 0.6 is 11.3 Å². The van der Waals surface area contributed by atoms with Crippen LogP contribution in [0.2, 0.25) is 0 Å². The van der Waals surface area contributed by atoms with Crippen LogP contribution in [0.5, 0.6) is 0 Å². The Bertz CT molecular complexity index is 809. The highest BCUT2D eigenvalue weighted by molar-refractivity contribution is 7.17. The molecule has 5 rings (SSSR count). The Morgan fingerprint density at radius 2 is 1.88 bits per heavy atom. The molecule has 1 aromatic heterocycles. The van der Waals surface area contributed by atoms with Gasteiger partial charge in [-0.2, -0.15) is 0 Å². The van der Waals surface area contributed by atoms with E-state index in [-0.39, 0.29) is 11.9 Å². The predicted octanol–water partition coefficient (Wildman–Crippen LogP) is 2.34. The summed E-state index contributed by atoms with van der Waals surface area (Å²) in [4.78, 5) is 28.2. The first kappa shape index (κ1) is 16.3. The van der Waals surface area contributed by atoms with E-state index in [1.807, 2.05) is 24.3 Å². The quantitative estimate of drug-likeness (QED) is 0.884. The van der Waals surface area contributed by atoms with E-state index in [4.69, 9.17) is 5.73 Å². The molecule has 0 aliphatic carbocycles. The van der Waals surface area contributed by atoms with Crippen LogP contribution in [0.15, 0.2) is 36.4 Å². The number of carbonyl (C=O) groups excluding carboxylic acids is 2. The molecule has 0 saturated carbocycles. The Morgan fingerprint density at radius 1 is 1.12 bits per heavy atom. The third-order valence-corrected chi connectivity index (χ3v) is 6.38. The van der Waals surface area contributed by atoms with E-state index in [0.717, 1.165) is 30.1 Å². The largest absolute Gasteiger partial charge is 0.366 e. The topological polar surface area (TPSA) is 75.4 Å². The number of rotatable bonds is 4. The monoisotopic (exact) mass is 355 g/mol. The van der Waals surface area contributed by atoms with Gasteiger partial charge in [0.2, 0.25) is 5.91 Å². The number of primary amides is 1. The third kappa shape index (κ3) is 3.19. The second-order valence-electron chi connectivity index (χ2n) is 6.79. The number of hydrogen-bond donors (Lipinski definition) is 2. The summed E-state index contributed by atoms with van der Waals surface area (Å²) in [5.74, 6) is 0.123. The van der Waals surface area contributed by atoms with Crippen LogP contribution in [0, 0.1) is 5.92 Å². The van der Waals surface area contributed by atoms with Gasteiger partial charge in [-0.1, -0.05) is 18.2 Å². The smallest absolute Gasteiger partial charge is 0.261 e. The van der Waals surface area contributed by atoms with Crippen molar-refractivity contribution in [2.75, 3.05) is 19.6 Å². The van der Waals surface area contributed by atoms with E-state index >= 15 is 0 Å². The van der Waals surface area contributed by atoms with Crippen molar-refractivity contribution in [3.8, 4) is 10.4 Å². The lowest BCUT2D eigenvalue weighted by Gasteiger charge is -2.44. The molecule has 0 unspecified atom stereocenters.